The molecule has 28 heavy (non-hydrogen) atoms. The summed E-state index contributed by atoms with van der Waals surface area (Å²) in [6.45, 7) is 4.97. The molecule has 2 saturated heterocycles. The molecule has 3 aliphatic rings. The molecular weight excluding hydrogens is 352 g/mol. The van der Waals surface area contributed by atoms with Crippen molar-refractivity contribution >= 4 is 22.7 Å². The number of H-pyrrole nitrogens is 1. The van der Waals surface area contributed by atoms with E-state index in [1.165, 1.54) is 12.8 Å². The zero-order valence-electron chi connectivity index (χ0n) is 16.3. The molecule has 0 spiro atoms. The number of aromatic nitrogens is 1. The largest absolute Gasteiger partial charge is 0.361 e. The quantitative estimate of drug-likeness (QED) is 0.886. The summed E-state index contributed by atoms with van der Waals surface area (Å²) in [7, 11) is 0. The molecule has 6 heteroatoms. The number of hydrogen-bond donors (Lipinski definition) is 1. The normalized spacial score (nSPS) is 24.1. The molecular formula is C22H28N4O2. The van der Waals surface area contributed by atoms with E-state index >= 15 is 0 Å². The van der Waals surface area contributed by atoms with Gasteiger partial charge in [0, 0.05) is 56.5 Å². The summed E-state index contributed by atoms with van der Waals surface area (Å²) in [5.74, 6) is 1.15. The number of hydrogen-bond acceptors (Lipinski definition) is 3. The Kier molecular flexibility index (Phi) is 4.59. The Morgan fingerprint density at radius 3 is 2.79 bits per heavy atom. The van der Waals surface area contributed by atoms with E-state index in [9.17, 15) is 9.59 Å². The van der Waals surface area contributed by atoms with Crippen LogP contribution in [0.4, 0.5) is 0 Å². The minimum Gasteiger partial charge on any atom is -0.361 e. The van der Waals surface area contributed by atoms with Crippen molar-refractivity contribution in [2.24, 2.45) is 5.92 Å². The molecule has 2 amide bonds. The van der Waals surface area contributed by atoms with Crippen LogP contribution in [-0.2, 0) is 4.79 Å². The van der Waals surface area contributed by atoms with E-state index in [-0.39, 0.29) is 11.9 Å². The van der Waals surface area contributed by atoms with Gasteiger partial charge in [0.25, 0.3) is 5.91 Å². The highest BCUT2D eigenvalue weighted by Gasteiger charge is 2.38. The van der Waals surface area contributed by atoms with E-state index in [4.69, 9.17) is 0 Å². The minimum absolute atomic E-state index is 0.0177. The summed E-state index contributed by atoms with van der Waals surface area (Å²) in [5, 5.41) is 1.12. The van der Waals surface area contributed by atoms with Crippen LogP contribution in [0.5, 0.6) is 0 Å². The maximum absolute atomic E-state index is 13.0. The predicted octanol–water partition coefficient (Wildman–Crippen LogP) is 2.33. The number of rotatable bonds is 4. The standard InChI is InChI=1S/C22H28N4O2/c27-21(18-5-4-17-6-8-23-19(17)14-18)25-10-1-9-24(12-13-25)20-7-11-26(22(20)28)15-16-2-3-16/h4-6,8,14,16,20,23H,1-3,7,9-13,15H2. The number of amides is 2. The van der Waals surface area contributed by atoms with Crippen LogP contribution in [0, 0.1) is 5.92 Å². The second-order valence-corrected chi connectivity index (χ2v) is 8.49. The fraction of sp³-hybridized carbons (Fsp3) is 0.545. The number of nitrogens with one attached hydrogen (secondary N) is 1. The first kappa shape index (κ1) is 17.7. The Morgan fingerprint density at radius 1 is 1.04 bits per heavy atom. The lowest BCUT2D eigenvalue weighted by atomic mass is 10.1. The van der Waals surface area contributed by atoms with Crippen molar-refractivity contribution in [2.45, 2.75) is 31.7 Å². The van der Waals surface area contributed by atoms with Gasteiger partial charge in [-0.15, -0.1) is 0 Å². The van der Waals surface area contributed by atoms with Gasteiger partial charge in [-0.2, -0.15) is 0 Å². The number of carbonyl (C=O) groups excluding carboxylic acids is 2. The Bertz CT molecular complexity index is 888. The van der Waals surface area contributed by atoms with Gasteiger partial charge in [0.1, 0.15) is 0 Å². The van der Waals surface area contributed by atoms with Crippen LogP contribution in [0.15, 0.2) is 30.5 Å². The van der Waals surface area contributed by atoms with Crippen molar-refractivity contribution in [3.05, 3.63) is 36.0 Å². The maximum Gasteiger partial charge on any atom is 0.253 e. The number of likely N-dealkylation sites (tertiary alicyclic amines) is 1. The number of benzene rings is 1. The van der Waals surface area contributed by atoms with Crippen LogP contribution in [-0.4, -0.2) is 76.8 Å². The summed E-state index contributed by atoms with van der Waals surface area (Å²) < 4.78 is 0. The molecule has 2 aromatic rings. The fourth-order valence-corrected chi connectivity index (χ4v) is 4.67. The van der Waals surface area contributed by atoms with Crippen molar-refractivity contribution in [1.29, 1.82) is 0 Å². The van der Waals surface area contributed by atoms with Gasteiger partial charge in [-0.1, -0.05) is 6.07 Å². The number of fused-ring (bicyclic) bond motifs is 1. The number of aromatic amines is 1. The molecule has 1 unspecified atom stereocenters. The summed E-state index contributed by atoms with van der Waals surface area (Å²) >= 11 is 0. The van der Waals surface area contributed by atoms with Gasteiger partial charge in [-0.3, -0.25) is 14.5 Å². The van der Waals surface area contributed by atoms with Crippen molar-refractivity contribution in [3.63, 3.8) is 0 Å². The monoisotopic (exact) mass is 380 g/mol. The molecule has 6 nitrogen and oxygen atoms in total. The van der Waals surface area contributed by atoms with Crippen molar-refractivity contribution < 1.29 is 9.59 Å². The van der Waals surface area contributed by atoms with Crippen LogP contribution >= 0.6 is 0 Å². The van der Waals surface area contributed by atoms with E-state index in [0.717, 1.165) is 67.9 Å². The fourth-order valence-electron chi connectivity index (χ4n) is 4.67. The van der Waals surface area contributed by atoms with Gasteiger partial charge in [0.05, 0.1) is 6.04 Å². The van der Waals surface area contributed by atoms with E-state index in [1.807, 2.05) is 35.4 Å². The molecule has 3 fully saturated rings. The molecule has 2 aliphatic heterocycles. The van der Waals surface area contributed by atoms with Crippen LogP contribution < -0.4 is 0 Å². The molecule has 3 heterocycles. The highest BCUT2D eigenvalue weighted by molar-refractivity contribution is 5.98. The average molecular weight is 380 g/mol. The molecule has 0 bridgehead atoms. The predicted molar refractivity (Wildman–Crippen MR) is 108 cm³/mol. The lowest BCUT2D eigenvalue weighted by molar-refractivity contribution is -0.132. The highest BCUT2D eigenvalue weighted by Crippen LogP contribution is 2.32. The Hall–Kier alpha value is -2.34. The molecule has 1 aromatic carbocycles. The first-order chi connectivity index (χ1) is 13.7. The minimum atomic E-state index is 0.0177. The molecule has 0 radical (unpaired) electrons. The van der Waals surface area contributed by atoms with Gasteiger partial charge in [-0.05, 0) is 55.2 Å². The van der Waals surface area contributed by atoms with Gasteiger partial charge in [0.15, 0.2) is 0 Å². The first-order valence-corrected chi connectivity index (χ1v) is 10.6. The SMILES string of the molecule is O=C(c1ccc2cc[nH]c2c1)N1CCCN(C2CCN(CC3CC3)C2=O)CC1. The van der Waals surface area contributed by atoms with Gasteiger partial charge >= 0.3 is 0 Å². The van der Waals surface area contributed by atoms with Crippen LogP contribution in [0.25, 0.3) is 10.9 Å². The first-order valence-electron chi connectivity index (χ1n) is 10.6. The number of carbonyl (C=O) groups is 2. The van der Waals surface area contributed by atoms with Gasteiger partial charge in [-0.25, -0.2) is 0 Å². The zero-order valence-corrected chi connectivity index (χ0v) is 16.3. The van der Waals surface area contributed by atoms with E-state index < -0.39 is 0 Å². The molecule has 148 valence electrons. The lowest BCUT2D eigenvalue weighted by Gasteiger charge is -2.26. The molecule has 5 rings (SSSR count). The summed E-state index contributed by atoms with van der Waals surface area (Å²) in [6.07, 6.45) is 6.31. The number of nitrogens with zero attached hydrogens (tertiary/aromatic N) is 3. The second kappa shape index (κ2) is 7.24. The topological polar surface area (TPSA) is 59.7 Å². The van der Waals surface area contributed by atoms with Crippen LogP contribution in [0.2, 0.25) is 0 Å². The lowest BCUT2D eigenvalue weighted by Crippen LogP contribution is -2.44. The van der Waals surface area contributed by atoms with Gasteiger partial charge in [0.2, 0.25) is 5.91 Å². The average Bonchev–Trinajstić information content (AvgIpc) is 3.36. The molecule has 1 saturated carbocycles. The van der Waals surface area contributed by atoms with E-state index in [2.05, 4.69) is 14.8 Å². The molecule has 1 aromatic heterocycles. The molecule has 1 atom stereocenters. The van der Waals surface area contributed by atoms with E-state index in [1.54, 1.807) is 0 Å². The van der Waals surface area contributed by atoms with Gasteiger partial charge < -0.3 is 14.8 Å². The zero-order chi connectivity index (χ0) is 19.1. The van der Waals surface area contributed by atoms with Crippen LogP contribution in [0.3, 0.4) is 0 Å². The Balaban J connectivity index is 1.22. The summed E-state index contributed by atoms with van der Waals surface area (Å²) in [4.78, 5) is 35.3. The summed E-state index contributed by atoms with van der Waals surface area (Å²) in [5.41, 5.74) is 1.73. The van der Waals surface area contributed by atoms with Crippen molar-refractivity contribution in [2.75, 3.05) is 39.3 Å². The third-order valence-electron chi connectivity index (χ3n) is 6.51. The maximum atomic E-state index is 13.0. The van der Waals surface area contributed by atoms with Crippen molar-refractivity contribution in [3.8, 4) is 0 Å². The Morgan fingerprint density at radius 2 is 1.93 bits per heavy atom. The summed E-state index contributed by atoms with van der Waals surface area (Å²) in [6, 6.07) is 7.88. The van der Waals surface area contributed by atoms with Crippen molar-refractivity contribution in [1.82, 2.24) is 19.7 Å². The third-order valence-corrected chi connectivity index (χ3v) is 6.51. The molecule has 1 N–H and O–H groups in total. The molecule has 1 aliphatic carbocycles. The van der Waals surface area contributed by atoms with Crippen LogP contribution in [0.1, 0.15) is 36.0 Å². The smallest absolute Gasteiger partial charge is 0.253 e. The Labute approximate surface area is 165 Å². The highest BCUT2D eigenvalue weighted by atomic mass is 16.2. The van der Waals surface area contributed by atoms with E-state index in [0.29, 0.717) is 12.5 Å². The second-order valence-electron chi connectivity index (χ2n) is 8.49. The third kappa shape index (κ3) is 3.41.